The molecule has 0 bridgehead atoms. The number of hydrogen-bond donors (Lipinski definition) is 2. The lowest BCUT2D eigenvalue weighted by Gasteiger charge is -2.05. The van der Waals surface area contributed by atoms with Gasteiger partial charge in [0.2, 0.25) is 0 Å². The van der Waals surface area contributed by atoms with E-state index in [4.69, 9.17) is 0 Å². The van der Waals surface area contributed by atoms with Gasteiger partial charge in [-0.05, 0) is 36.4 Å². The second-order valence-corrected chi connectivity index (χ2v) is 8.63. The van der Waals surface area contributed by atoms with E-state index in [2.05, 4.69) is 20.1 Å². The molecule has 4 rings (SSSR count). The predicted molar refractivity (Wildman–Crippen MR) is 108 cm³/mol. The Bertz CT molecular complexity index is 1260. The summed E-state index contributed by atoms with van der Waals surface area (Å²) in [6.07, 6.45) is 1.55. The number of rotatable bonds is 5. The van der Waals surface area contributed by atoms with E-state index in [-0.39, 0.29) is 15.9 Å². The Balaban J connectivity index is 1.57. The number of amides is 1. The molecule has 0 spiro atoms. The highest BCUT2D eigenvalue weighted by atomic mass is 32.2. The van der Waals surface area contributed by atoms with Crippen LogP contribution in [0.4, 0.5) is 10.8 Å². The highest BCUT2D eigenvalue weighted by Crippen LogP contribution is 2.30. The summed E-state index contributed by atoms with van der Waals surface area (Å²) in [5, 5.41) is 7.03. The normalized spacial score (nSPS) is 11.5. The number of anilines is 2. The van der Waals surface area contributed by atoms with Gasteiger partial charge in [0, 0.05) is 18.9 Å². The van der Waals surface area contributed by atoms with Gasteiger partial charge in [0.05, 0.1) is 15.1 Å². The van der Waals surface area contributed by atoms with Crippen LogP contribution in [0.5, 0.6) is 0 Å². The summed E-state index contributed by atoms with van der Waals surface area (Å²) in [5.41, 5.74) is 1.65. The van der Waals surface area contributed by atoms with Crippen LogP contribution >= 0.6 is 11.3 Å². The summed E-state index contributed by atoms with van der Waals surface area (Å²) in [7, 11) is -2.02. The molecule has 0 aliphatic heterocycles. The first-order valence-electron chi connectivity index (χ1n) is 8.20. The molecule has 2 heterocycles. The van der Waals surface area contributed by atoms with Crippen LogP contribution in [0.2, 0.25) is 0 Å². The van der Waals surface area contributed by atoms with Gasteiger partial charge in [0.15, 0.2) is 5.13 Å². The van der Waals surface area contributed by atoms with E-state index < -0.39 is 10.0 Å². The summed E-state index contributed by atoms with van der Waals surface area (Å²) in [5.74, 6) is -0.283. The zero-order valence-corrected chi connectivity index (χ0v) is 16.3. The van der Waals surface area contributed by atoms with Gasteiger partial charge < -0.3 is 5.32 Å². The monoisotopic (exact) mass is 413 g/mol. The van der Waals surface area contributed by atoms with E-state index in [1.165, 1.54) is 28.2 Å². The zero-order chi connectivity index (χ0) is 19.7. The van der Waals surface area contributed by atoms with Crippen LogP contribution in [0.1, 0.15) is 10.5 Å². The molecule has 0 atom stereocenters. The molecular formula is C18H15N5O3S2. The number of nitrogens with one attached hydrogen (secondary N) is 2. The molecule has 2 aromatic carbocycles. The van der Waals surface area contributed by atoms with Crippen molar-refractivity contribution in [3.63, 3.8) is 0 Å². The molecule has 0 saturated heterocycles. The molecule has 2 aromatic heterocycles. The lowest BCUT2D eigenvalue weighted by atomic mass is 10.3. The number of thiazole rings is 1. The maximum Gasteiger partial charge on any atom is 0.273 e. The summed E-state index contributed by atoms with van der Waals surface area (Å²) >= 11 is 1.19. The van der Waals surface area contributed by atoms with E-state index >= 15 is 0 Å². The van der Waals surface area contributed by atoms with Gasteiger partial charge in [-0.1, -0.05) is 29.5 Å². The quantitative estimate of drug-likeness (QED) is 0.523. The fraction of sp³-hybridized carbons (Fsp3) is 0.0556. The van der Waals surface area contributed by atoms with Crippen molar-refractivity contribution in [1.29, 1.82) is 0 Å². The second kappa shape index (κ2) is 7.06. The van der Waals surface area contributed by atoms with Crippen LogP contribution in [-0.2, 0) is 17.1 Å². The second-order valence-electron chi connectivity index (χ2n) is 5.91. The third-order valence-electron chi connectivity index (χ3n) is 3.98. The average molecular weight is 413 g/mol. The Hall–Kier alpha value is -3.24. The fourth-order valence-electron chi connectivity index (χ4n) is 2.61. The maximum atomic E-state index is 12.4. The smallest absolute Gasteiger partial charge is 0.273 e. The van der Waals surface area contributed by atoms with E-state index in [1.807, 2.05) is 0 Å². The molecule has 10 heteroatoms. The number of aromatic nitrogens is 3. The van der Waals surface area contributed by atoms with Crippen LogP contribution in [0.25, 0.3) is 10.2 Å². The maximum absolute atomic E-state index is 12.4. The van der Waals surface area contributed by atoms with Crippen molar-refractivity contribution >= 4 is 48.3 Å². The number of nitrogens with zero attached hydrogens (tertiary/aromatic N) is 3. The van der Waals surface area contributed by atoms with Crippen molar-refractivity contribution in [2.75, 3.05) is 10.0 Å². The van der Waals surface area contributed by atoms with Crippen LogP contribution < -0.4 is 10.0 Å². The zero-order valence-electron chi connectivity index (χ0n) is 14.7. The number of sulfonamides is 1. The molecule has 0 fully saturated rings. The van der Waals surface area contributed by atoms with E-state index in [1.54, 1.807) is 55.7 Å². The number of hydrogen-bond acceptors (Lipinski definition) is 6. The highest BCUT2D eigenvalue weighted by Gasteiger charge is 2.17. The first kappa shape index (κ1) is 18.1. The molecule has 0 aliphatic rings. The van der Waals surface area contributed by atoms with E-state index in [0.29, 0.717) is 16.9 Å². The summed E-state index contributed by atoms with van der Waals surface area (Å²) in [4.78, 5) is 16.8. The molecule has 28 heavy (non-hydrogen) atoms. The predicted octanol–water partition coefficient (Wildman–Crippen LogP) is 3.08. The van der Waals surface area contributed by atoms with E-state index in [9.17, 15) is 13.2 Å². The first-order valence-corrected chi connectivity index (χ1v) is 10.5. The van der Waals surface area contributed by atoms with Gasteiger partial charge in [0.1, 0.15) is 5.69 Å². The van der Waals surface area contributed by atoms with Crippen molar-refractivity contribution in [2.45, 2.75) is 4.90 Å². The van der Waals surface area contributed by atoms with Gasteiger partial charge >= 0.3 is 0 Å². The minimum Gasteiger partial charge on any atom is -0.321 e. The summed E-state index contributed by atoms with van der Waals surface area (Å²) < 4.78 is 29.6. The average Bonchev–Trinajstić information content (AvgIpc) is 3.27. The Morgan fingerprint density at radius 3 is 2.61 bits per heavy atom. The number of fused-ring (bicyclic) bond motifs is 1. The molecule has 0 saturated carbocycles. The molecular weight excluding hydrogens is 398 g/mol. The number of aryl methyl sites for hydroxylation is 1. The molecule has 1 amide bonds. The molecule has 8 nitrogen and oxygen atoms in total. The van der Waals surface area contributed by atoms with Crippen LogP contribution in [0, 0.1) is 0 Å². The molecule has 0 unspecified atom stereocenters. The Morgan fingerprint density at radius 2 is 1.89 bits per heavy atom. The summed E-state index contributed by atoms with van der Waals surface area (Å²) in [6.45, 7) is 0. The molecule has 0 aliphatic carbocycles. The number of carbonyl (C=O) groups excluding carboxylic acids is 1. The van der Waals surface area contributed by atoms with Crippen molar-refractivity contribution < 1.29 is 13.2 Å². The highest BCUT2D eigenvalue weighted by molar-refractivity contribution is 7.93. The number of carbonyl (C=O) groups is 1. The van der Waals surface area contributed by atoms with Gasteiger partial charge in [0.25, 0.3) is 15.9 Å². The topological polar surface area (TPSA) is 106 Å². The minimum atomic E-state index is -3.71. The number of benzene rings is 2. The fourth-order valence-corrected chi connectivity index (χ4v) is 4.77. The molecule has 4 aromatic rings. The minimum absolute atomic E-state index is 0.165. The van der Waals surface area contributed by atoms with Crippen molar-refractivity contribution in [2.24, 2.45) is 7.05 Å². The largest absolute Gasteiger partial charge is 0.321 e. The van der Waals surface area contributed by atoms with Crippen molar-refractivity contribution in [3.8, 4) is 0 Å². The van der Waals surface area contributed by atoms with Gasteiger partial charge in [-0.3, -0.25) is 14.2 Å². The van der Waals surface area contributed by atoms with Crippen LogP contribution in [0.15, 0.2) is 65.7 Å². The Morgan fingerprint density at radius 1 is 1.11 bits per heavy atom. The molecule has 2 N–H and O–H groups in total. The molecule has 0 radical (unpaired) electrons. The molecule has 142 valence electrons. The van der Waals surface area contributed by atoms with Crippen LogP contribution in [-0.4, -0.2) is 29.1 Å². The standard InChI is InChI=1S/C18H15N5O3S2/c1-23-15(9-10-19-23)17(24)20-12-7-8-14-16(11-12)27-18(21-14)22-28(25,26)13-5-3-2-4-6-13/h2-11H,1H3,(H,20,24)(H,21,22). The SMILES string of the molecule is Cn1nccc1C(=O)Nc1ccc2nc(NS(=O)(=O)c3ccccc3)sc2c1. The summed E-state index contributed by atoms with van der Waals surface area (Å²) in [6, 6.07) is 14.9. The third-order valence-corrected chi connectivity index (χ3v) is 6.39. The first-order chi connectivity index (χ1) is 13.4. The van der Waals surface area contributed by atoms with Crippen LogP contribution in [0.3, 0.4) is 0 Å². The van der Waals surface area contributed by atoms with Crippen molar-refractivity contribution in [3.05, 3.63) is 66.5 Å². The van der Waals surface area contributed by atoms with Gasteiger partial charge in [-0.2, -0.15) is 5.10 Å². The van der Waals surface area contributed by atoms with Gasteiger partial charge in [-0.15, -0.1) is 0 Å². The Labute approximate surface area is 164 Å². The van der Waals surface area contributed by atoms with Crippen molar-refractivity contribution in [1.82, 2.24) is 14.8 Å². The van der Waals surface area contributed by atoms with Gasteiger partial charge in [-0.25, -0.2) is 13.4 Å². The Kier molecular flexibility index (Phi) is 4.57. The lowest BCUT2D eigenvalue weighted by molar-refractivity contribution is 0.101. The third kappa shape index (κ3) is 3.59. The lowest BCUT2D eigenvalue weighted by Crippen LogP contribution is -2.15. The van der Waals surface area contributed by atoms with E-state index in [0.717, 1.165) is 4.70 Å².